The number of hydrogen-bond acceptors (Lipinski definition) is 7. The number of urea groups is 1. The molecule has 178 valence electrons. The monoisotopic (exact) mass is 501 g/mol. The molecule has 10 nitrogen and oxygen atoms in total. The molecule has 12 heteroatoms. The van der Waals surface area contributed by atoms with Crippen LogP contribution in [0.2, 0.25) is 5.02 Å². The molecular formula is C22H24ClN7O3S. The number of benzene rings is 2. The third-order valence-electron chi connectivity index (χ3n) is 5.00. The highest BCUT2D eigenvalue weighted by atomic mass is 35.5. The standard InChI is InChI=1S/C22H24ClN7O3S/c1-34(32,33)26-10-9-24-22(31)29-19-8-7-17-12-15(19)6-5-14-3-2-4-16(11-14)28-21-25-13-18(23)20(27-17)30-21/h2-4,7-8,11-13,26H,5-6,9-10H2,1H3,(H2,24,29,31)(H2,25,27,28,30). The van der Waals surface area contributed by atoms with Crippen molar-refractivity contribution >= 4 is 56.5 Å². The van der Waals surface area contributed by atoms with Gasteiger partial charge >= 0.3 is 6.03 Å². The number of sulfonamides is 1. The number of anilines is 5. The van der Waals surface area contributed by atoms with E-state index >= 15 is 0 Å². The van der Waals surface area contributed by atoms with Crippen molar-refractivity contribution in [3.05, 3.63) is 64.8 Å². The highest BCUT2D eigenvalue weighted by molar-refractivity contribution is 7.88. The molecule has 0 atom stereocenters. The van der Waals surface area contributed by atoms with E-state index in [0.29, 0.717) is 28.9 Å². The molecule has 0 saturated heterocycles. The average Bonchev–Trinajstić information content (AvgIpc) is 2.78. The number of halogens is 1. The smallest absolute Gasteiger partial charge is 0.319 e. The van der Waals surface area contributed by atoms with Gasteiger partial charge in [-0.1, -0.05) is 23.7 Å². The van der Waals surface area contributed by atoms with Gasteiger partial charge in [0.1, 0.15) is 5.02 Å². The van der Waals surface area contributed by atoms with E-state index in [4.69, 9.17) is 11.6 Å². The lowest BCUT2D eigenvalue weighted by Crippen LogP contribution is -2.36. The normalized spacial score (nSPS) is 12.8. The van der Waals surface area contributed by atoms with Crippen LogP contribution in [0.5, 0.6) is 0 Å². The number of fused-ring (bicyclic) bond motifs is 6. The molecule has 1 aliphatic rings. The minimum atomic E-state index is -3.31. The lowest BCUT2D eigenvalue weighted by atomic mass is 10.0. The molecule has 5 N–H and O–H groups in total. The van der Waals surface area contributed by atoms with Crippen molar-refractivity contribution in [2.24, 2.45) is 0 Å². The summed E-state index contributed by atoms with van der Waals surface area (Å²) in [4.78, 5) is 21.1. The van der Waals surface area contributed by atoms with Gasteiger partial charge in [-0.3, -0.25) is 0 Å². The number of aromatic nitrogens is 2. The van der Waals surface area contributed by atoms with Gasteiger partial charge in [0.25, 0.3) is 0 Å². The van der Waals surface area contributed by atoms with Crippen molar-refractivity contribution in [2.75, 3.05) is 35.3 Å². The van der Waals surface area contributed by atoms with Gasteiger partial charge < -0.3 is 21.3 Å². The summed E-state index contributed by atoms with van der Waals surface area (Å²) in [5, 5.41) is 12.3. The second-order valence-corrected chi connectivity index (χ2v) is 10.0. The van der Waals surface area contributed by atoms with Crippen LogP contribution in [0.1, 0.15) is 11.1 Å². The number of carbonyl (C=O) groups is 1. The number of nitrogens with zero attached hydrogens (tertiary/aromatic N) is 2. The second kappa shape index (κ2) is 10.2. The predicted octanol–water partition coefficient (Wildman–Crippen LogP) is 3.39. The van der Waals surface area contributed by atoms with Crippen LogP contribution >= 0.6 is 11.6 Å². The van der Waals surface area contributed by atoms with Gasteiger partial charge in [-0.05, 0) is 54.3 Å². The largest absolute Gasteiger partial charge is 0.339 e. The van der Waals surface area contributed by atoms with Crippen molar-refractivity contribution in [1.29, 1.82) is 0 Å². The molecule has 2 aromatic carbocycles. The Balaban J connectivity index is 1.57. The summed E-state index contributed by atoms with van der Waals surface area (Å²) >= 11 is 6.30. The lowest BCUT2D eigenvalue weighted by Gasteiger charge is -2.15. The van der Waals surface area contributed by atoms with E-state index in [0.717, 1.165) is 35.2 Å². The Labute approximate surface area is 202 Å². The van der Waals surface area contributed by atoms with E-state index in [2.05, 4.69) is 36.0 Å². The number of nitrogens with one attached hydrogen (secondary N) is 5. The van der Waals surface area contributed by atoms with E-state index in [1.54, 1.807) is 6.07 Å². The van der Waals surface area contributed by atoms with E-state index in [9.17, 15) is 13.2 Å². The molecule has 4 rings (SSSR count). The quantitative estimate of drug-likeness (QED) is 0.338. The van der Waals surface area contributed by atoms with Crippen LogP contribution < -0.4 is 26.0 Å². The fraction of sp³-hybridized carbons (Fsp3) is 0.227. The third-order valence-corrected chi connectivity index (χ3v) is 6.01. The Morgan fingerprint density at radius 1 is 1.09 bits per heavy atom. The van der Waals surface area contributed by atoms with Gasteiger partial charge in [0, 0.05) is 30.2 Å². The molecule has 0 fully saturated rings. The highest BCUT2D eigenvalue weighted by Gasteiger charge is 2.13. The maximum Gasteiger partial charge on any atom is 0.319 e. The Bertz CT molecular complexity index is 1320. The van der Waals surface area contributed by atoms with Crippen molar-refractivity contribution in [3.8, 4) is 0 Å². The fourth-order valence-electron chi connectivity index (χ4n) is 3.44. The second-order valence-electron chi connectivity index (χ2n) is 7.76. The average molecular weight is 502 g/mol. The van der Waals surface area contributed by atoms with Gasteiger partial charge in [-0.2, -0.15) is 4.98 Å². The molecule has 0 aliphatic carbocycles. The van der Waals surface area contributed by atoms with Crippen LogP contribution in [0, 0.1) is 0 Å². The summed E-state index contributed by atoms with van der Waals surface area (Å²) in [6, 6.07) is 13.1. The predicted molar refractivity (Wildman–Crippen MR) is 134 cm³/mol. The van der Waals surface area contributed by atoms with Crippen molar-refractivity contribution < 1.29 is 13.2 Å². The van der Waals surface area contributed by atoms with E-state index < -0.39 is 16.1 Å². The van der Waals surface area contributed by atoms with Gasteiger partial charge in [-0.25, -0.2) is 22.9 Å². The molecule has 3 aromatic rings. The zero-order chi connectivity index (χ0) is 24.1. The summed E-state index contributed by atoms with van der Waals surface area (Å²) in [7, 11) is -3.31. The first-order valence-electron chi connectivity index (χ1n) is 10.5. The lowest BCUT2D eigenvalue weighted by molar-refractivity contribution is 0.252. The molecule has 2 amide bonds. The van der Waals surface area contributed by atoms with Crippen molar-refractivity contribution in [1.82, 2.24) is 20.0 Å². The number of carbonyl (C=O) groups excluding carboxylic acids is 1. The van der Waals surface area contributed by atoms with Gasteiger partial charge in [0.15, 0.2) is 5.82 Å². The number of rotatable bonds is 5. The van der Waals surface area contributed by atoms with Crippen LogP contribution in [-0.4, -0.2) is 43.8 Å². The molecule has 1 aliphatic heterocycles. The van der Waals surface area contributed by atoms with Gasteiger partial charge in [0.2, 0.25) is 16.0 Å². The summed E-state index contributed by atoms with van der Waals surface area (Å²) in [5.74, 6) is 0.876. The SMILES string of the molecule is CS(=O)(=O)NCCNC(=O)Nc1ccc2cc1CCc1cccc(c1)Nc1ncc(Cl)c(n1)N2. The molecule has 34 heavy (non-hydrogen) atoms. The first-order valence-corrected chi connectivity index (χ1v) is 12.8. The molecule has 1 aromatic heterocycles. The van der Waals surface area contributed by atoms with Crippen LogP contribution in [0.15, 0.2) is 48.7 Å². The number of hydrogen-bond donors (Lipinski definition) is 5. The summed E-state index contributed by atoms with van der Waals surface area (Å²) < 4.78 is 24.6. The Morgan fingerprint density at radius 2 is 1.91 bits per heavy atom. The van der Waals surface area contributed by atoms with Crippen LogP contribution in [-0.2, 0) is 22.9 Å². The minimum Gasteiger partial charge on any atom is -0.339 e. The van der Waals surface area contributed by atoms with Crippen LogP contribution in [0.4, 0.5) is 33.6 Å². The van der Waals surface area contributed by atoms with Gasteiger partial charge in [-0.15, -0.1) is 0 Å². The Kier molecular flexibility index (Phi) is 7.15. The summed E-state index contributed by atoms with van der Waals surface area (Å²) in [6.45, 7) is 0.260. The number of amides is 2. The molecule has 6 bridgehead atoms. The first kappa shape index (κ1) is 23.7. The molecule has 0 unspecified atom stereocenters. The zero-order valence-electron chi connectivity index (χ0n) is 18.4. The fourth-order valence-corrected chi connectivity index (χ4v) is 4.05. The molecule has 0 spiro atoms. The molecule has 0 radical (unpaired) electrons. The van der Waals surface area contributed by atoms with Crippen LogP contribution in [0.25, 0.3) is 0 Å². The molecule has 0 saturated carbocycles. The highest BCUT2D eigenvalue weighted by Crippen LogP contribution is 2.29. The van der Waals surface area contributed by atoms with E-state index in [-0.39, 0.29) is 13.1 Å². The Hall–Kier alpha value is -3.41. The van der Waals surface area contributed by atoms with Crippen LogP contribution in [0.3, 0.4) is 0 Å². The minimum absolute atomic E-state index is 0.105. The zero-order valence-corrected chi connectivity index (χ0v) is 19.9. The van der Waals surface area contributed by atoms with Gasteiger partial charge in [0.05, 0.1) is 12.5 Å². The Morgan fingerprint density at radius 3 is 2.74 bits per heavy atom. The molecular weight excluding hydrogens is 478 g/mol. The summed E-state index contributed by atoms with van der Waals surface area (Å²) in [5.41, 5.74) is 4.29. The maximum absolute atomic E-state index is 12.4. The summed E-state index contributed by atoms with van der Waals surface area (Å²) in [6.07, 6.45) is 4.01. The molecule has 2 heterocycles. The first-order chi connectivity index (χ1) is 16.2. The third kappa shape index (κ3) is 6.56. The maximum atomic E-state index is 12.4. The van der Waals surface area contributed by atoms with Crippen molar-refractivity contribution in [3.63, 3.8) is 0 Å². The van der Waals surface area contributed by atoms with E-state index in [1.165, 1.54) is 6.20 Å². The topological polar surface area (TPSA) is 137 Å². The van der Waals surface area contributed by atoms with E-state index in [1.807, 2.05) is 36.4 Å². The number of aryl methyl sites for hydroxylation is 2. The van der Waals surface area contributed by atoms with Crippen molar-refractivity contribution in [2.45, 2.75) is 12.8 Å².